The van der Waals surface area contributed by atoms with Gasteiger partial charge in [0.05, 0.1) is 5.41 Å². The number of carboxylic acid groups (broad SMARTS) is 1. The molecule has 1 aromatic carbocycles. The topological polar surface area (TPSA) is 40.3 Å². The molecule has 1 aromatic rings. The van der Waals surface area contributed by atoms with Gasteiger partial charge in [0.15, 0.2) is 5.71 Å². The SMILES string of the molecule is CCCC[N+]1=C(C)C(C)(CCCCCC(=O)O)c2ccccc21. The summed E-state index contributed by atoms with van der Waals surface area (Å²) in [6.45, 7) is 7.95. The number of benzene rings is 1. The molecular weight excluding hydrogens is 286 g/mol. The lowest BCUT2D eigenvalue weighted by Crippen LogP contribution is -2.30. The van der Waals surface area contributed by atoms with Crippen LogP contribution in [0.5, 0.6) is 0 Å². The third-order valence-electron chi connectivity index (χ3n) is 5.30. The minimum Gasteiger partial charge on any atom is -0.481 e. The maximum atomic E-state index is 10.6. The summed E-state index contributed by atoms with van der Waals surface area (Å²) in [6.07, 6.45) is 6.66. The number of hydrogen-bond donors (Lipinski definition) is 1. The molecule has 1 atom stereocenters. The number of rotatable bonds is 9. The average Bonchev–Trinajstić information content (AvgIpc) is 2.74. The van der Waals surface area contributed by atoms with Crippen LogP contribution in [0.1, 0.15) is 71.3 Å². The van der Waals surface area contributed by atoms with Crippen molar-refractivity contribution in [3.63, 3.8) is 0 Å². The molecular formula is C20H30NO2+. The fourth-order valence-corrected chi connectivity index (χ4v) is 3.70. The number of unbranched alkanes of at least 4 members (excludes halogenated alkanes) is 3. The zero-order valence-electron chi connectivity index (χ0n) is 14.8. The number of para-hydroxylation sites is 1. The zero-order chi connectivity index (χ0) is 16.9. The van der Waals surface area contributed by atoms with Crippen LogP contribution in [-0.2, 0) is 10.2 Å². The number of aliphatic carboxylic acids is 1. The highest BCUT2D eigenvalue weighted by Gasteiger charge is 2.45. The second-order valence-corrected chi connectivity index (χ2v) is 6.89. The number of nitrogens with zero attached hydrogens (tertiary/aromatic N) is 1. The van der Waals surface area contributed by atoms with Crippen LogP contribution in [0.4, 0.5) is 5.69 Å². The van der Waals surface area contributed by atoms with Crippen LogP contribution in [0.3, 0.4) is 0 Å². The third kappa shape index (κ3) is 3.82. The fourth-order valence-electron chi connectivity index (χ4n) is 3.70. The van der Waals surface area contributed by atoms with Gasteiger partial charge in [-0.1, -0.05) is 44.4 Å². The molecule has 0 aromatic heterocycles. The summed E-state index contributed by atoms with van der Waals surface area (Å²) in [7, 11) is 0. The molecule has 23 heavy (non-hydrogen) atoms. The van der Waals surface area contributed by atoms with Crippen molar-refractivity contribution in [3.8, 4) is 0 Å². The van der Waals surface area contributed by atoms with Gasteiger partial charge in [-0.3, -0.25) is 4.79 Å². The van der Waals surface area contributed by atoms with Crippen LogP contribution in [0.2, 0.25) is 0 Å². The Bertz CT molecular complexity index is 591. The van der Waals surface area contributed by atoms with E-state index in [1.807, 2.05) is 0 Å². The molecule has 1 aliphatic rings. The summed E-state index contributed by atoms with van der Waals surface area (Å²) < 4.78 is 2.50. The maximum Gasteiger partial charge on any atom is 0.303 e. The fraction of sp³-hybridized carbons (Fsp3) is 0.600. The quantitative estimate of drug-likeness (QED) is 0.520. The molecule has 0 fully saturated rings. The lowest BCUT2D eigenvalue weighted by molar-refractivity contribution is -0.439. The van der Waals surface area contributed by atoms with E-state index in [9.17, 15) is 4.79 Å². The van der Waals surface area contributed by atoms with Crippen LogP contribution in [0.15, 0.2) is 24.3 Å². The smallest absolute Gasteiger partial charge is 0.303 e. The van der Waals surface area contributed by atoms with Crippen molar-refractivity contribution >= 4 is 17.4 Å². The van der Waals surface area contributed by atoms with Crippen LogP contribution in [-0.4, -0.2) is 27.9 Å². The molecule has 1 heterocycles. The molecule has 3 nitrogen and oxygen atoms in total. The van der Waals surface area contributed by atoms with Gasteiger partial charge in [-0.15, -0.1) is 0 Å². The molecule has 0 amide bonds. The van der Waals surface area contributed by atoms with Crippen molar-refractivity contribution in [3.05, 3.63) is 29.8 Å². The van der Waals surface area contributed by atoms with E-state index in [0.717, 1.165) is 32.2 Å². The zero-order valence-corrected chi connectivity index (χ0v) is 14.8. The molecule has 0 aliphatic carbocycles. The van der Waals surface area contributed by atoms with E-state index in [4.69, 9.17) is 5.11 Å². The number of fused-ring (bicyclic) bond motifs is 1. The molecule has 126 valence electrons. The summed E-state index contributed by atoms with van der Waals surface area (Å²) in [5, 5.41) is 8.75. The Morgan fingerprint density at radius 3 is 2.61 bits per heavy atom. The summed E-state index contributed by atoms with van der Waals surface area (Å²) in [5.41, 5.74) is 4.34. The van der Waals surface area contributed by atoms with E-state index in [-0.39, 0.29) is 5.41 Å². The normalized spacial score (nSPS) is 20.0. The molecule has 2 rings (SSSR count). The number of hydrogen-bond acceptors (Lipinski definition) is 1. The van der Waals surface area contributed by atoms with Gasteiger partial charge < -0.3 is 5.11 Å². The predicted molar refractivity (Wildman–Crippen MR) is 94.9 cm³/mol. The first-order chi connectivity index (χ1) is 11.0. The highest BCUT2D eigenvalue weighted by molar-refractivity contribution is 5.93. The summed E-state index contributed by atoms with van der Waals surface area (Å²) in [6, 6.07) is 8.77. The molecule has 0 bridgehead atoms. The van der Waals surface area contributed by atoms with Gasteiger partial charge in [0, 0.05) is 31.4 Å². The van der Waals surface area contributed by atoms with Gasteiger partial charge in [0.1, 0.15) is 6.54 Å². The van der Waals surface area contributed by atoms with Crippen LogP contribution >= 0.6 is 0 Å². The molecule has 1 unspecified atom stereocenters. The lowest BCUT2D eigenvalue weighted by atomic mass is 9.76. The minimum atomic E-state index is -0.684. The third-order valence-corrected chi connectivity index (χ3v) is 5.30. The van der Waals surface area contributed by atoms with Gasteiger partial charge in [-0.2, -0.15) is 4.58 Å². The van der Waals surface area contributed by atoms with Crippen molar-refractivity contribution in [2.75, 3.05) is 6.54 Å². The highest BCUT2D eigenvalue weighted by atomic mass is 16.4. The predicted octanol–water partition coefficient (Wildman–Crippen LogP) is 4.90. The van der Waals surface area contributed by atoms with Crippen molar-refractivity contribution in [2.24, 2.45) is 0 Å². The molecule has 0 spiro atoms. The van der Waals surface area contributed by atoms with Gasteiger partial charge in [0.2, 0.25) is 5.69 Å². The first kappa shape index (κ1) is 17.7. The van der Waals surface area contributed by atoms with Gasteiger partial charge >= 0.3 is 5.97 Å². The molecule has 0 radical (unpaired) electrons. The summed E-state index contributed by atoms with van der Waals surface area (Å²) in [5.74, 6) is -0.684. The van der Waals surface area contributed by atoms with Gasteiger partial charge in [-0.25, -0.2) is 0 Å². The maximum absolute atomic E-state index is 10.6. The Kier molecular flexibility index (Phi) is 5.97. The largest absolute Gasteiger partial charge is 0.481 e. The number of carbonyl (C=O) groups is 1. The van der Waals surface area contributed by atoms with Crippen LogP contribution in [0.25, 0.3) is 0 Å². The first-order valence-corrected chi connectivity index (χ1v) is 8.93. The Morgan fingerprint density at radius 1 is 1.17 bits per heavy atom. The molecule has 1 aliphatic heterocycles. The Labute approximate surface area is 140 Å². The van der Waals surface area contributed by atoms with Crippen molar-refractivity contribution in [1.82, 2.24) is 0 Å². The average molecular weight is 316 g/mol. The molecule has 3 heteroatoms. The Balaban J connectivity index is 2.12. The second kappa shape index (κ2) is 7.76. The first-order valence-electron chi connectivity index (χ1n) is 8.93. The van der Waals surface area contributed by atoms with E-state index in [0.29, 0.717) is 6.42 Å². The molecule has 0 saturated carbocycles. The van der Waals surface area contributed by atoms with E-state index in [1.165, 1.54) is 29.8 Å². The van der Waals surface area contributed by atoms with E-state index >= 15 is 0 Å². The summed E-state index contributed by atoms with van der Waals surface area (Å²) in [4.78, 5) is 10.6. The van der Waals surface area contributed by atoms with E-state index in [2.05, 4.69) is 49.6 Å². The van der Waals surface area contributed by atoms with Crippen molar-refractivity contribution < 1.29 is 14.5 Å². The second-order valence-electron chi connectivity index (χ2n) is 6.89. The standard InChI is InChI=1S/C20H29NO2/c1-4-5-15-21-16(2)20(3,14-10-6-7-13-19(22)23)17-11-8-9-12-18(17)21/h8-9,11-12H,4-7,10,13-15H2,1-3H3/p+1. The highest BCUT2D eigenvalue weighted by Crippen LogP contribution is 2.42. The minimum absolute atomic E-state index is 0.0908. The van der Waals surface area contributed by atoms with E-state index in [1.54, 1.807) is 0 Å². The Morgan fingerprint density at radius 2 is 1.91 bits per heavy atom. The lowest BCUT2D eigenvalue weighted by Gasteiger charge is -2.22. The van der Waals surface area contributed by atoms with E-state index < -0.39 is 5.97 Å². The Hall–Kier alpha value is -1.64. The number of carboxylic acids is 1. The molecule has 0 saturated heterocycles. The van der Waals surface area contributed by atoms with Crippen LogP contribution in [0, 0.1) is 0 Å². The van der Waals surface area contributed by atoms with Crippen LogP contribution < -0.4 is 0 Å². The monoisotopic (exact) mass is 316 g/mol. The van der Waals surface area contributed by atoms with Gasteiger partial charge in [0.25, 0.3) is 0 Å². The van der Waals surface area contributed by atoms with Gasteiger partial charge in [-0.05, 0) is 19.8 Å². The van der Waals surface area contributed by atoms with Crippen molar-refractivity contribution in [1.29, 1.82) is 0 Å². The molecule has 1 N–H and O–H groups in total. The van der Waals surface area contributed by atoms with Crippen molar-refractivity contribution in [2.45, 2.75) is 71.1 Å². The summed E-state index contributed by atoms with van der Waals surface area (Å²) >= 11 is 0.